The Labute approximate surface area is 168 Å². The molecule has 0 amide bonds. The first-order chi connectivity index (χ1) is 12.7. The van der Waals surface area contributed by atoms with E-state index < -0.39 is 17.9 Å². The van der Waals surface area contributed by atoms with E-state index >= 15 is 0 Å². The van der Waals surface area contributed by atoms with E-state index in [0.717, 1.165) is 0 Å². The van der Waals surface area contributed by atoms with Gasteiger partial charge in [-0.15, -0.1) is 0 Å². The molecular formula is C18H23Cl2N3O4. The molecule has 1 atom stereocenters. The van der Waals surface area contributed by atoms with Gasteiger partial charge in [-0.2, -0.15) is 0 Å². The van der Waals surface area contributed by atoms with Gasteiger partial charge in [0.2, 0.25) is 0 Å². The zero-order chi connectivity index (χ0) is 20.3. The fourth-order valence-electron chi connectivity index (χ4n) is 2.99. The number of imidazole rings is 1. The highest BCUT2D eigenvalue weighted by Gasteiger charge is 2.40. The number of allylic oxidation sites excluding steroid dienone is 2. The van der Waals surface area contributed by atoms with E-state index in [2.05, 4.69) is 10.3 Å². The number of halogens is 2. The van der Waals surface area contributed by atoms with Gasteiger partial charge in [0.1, 0.15) is 11.0 Å². The molecule has 148 valence electrons. The number of dihydropyridines is 1. The molecule has 1 aromatic rings. The maximum absolute atomic E-state index is 12.8. The number of esters is 2. The first-order valence-corrected chi connectivity index (χ1v) is 9.40. The van der Waals surface area contributed by atoms with Gasteiger partial charge < -0.3 is 19.4 Å². The molecule has 0 saturated carbocycles. The molecule has 0 bridgehead atoms. The van der Waals surface area contributed by atoms with Crippen LogP contribution in [0.5, 0.6) is 0 Å². The Bertz CT molecular complexity index is 827. The highest BCUT2D eigenvalue weighted by atomic mass is 35.5. The number of nitrogens with one attached hydrogen (secondary N) is 1. The zero-order valence-electron chi connectivity index (χ0n) is 16.0. The van der Waals surface area contributed by atoms with Crippen molar-refractivity contribution in [3.8, 4) is 0 Å². The van der Waals surface area contributed by atoms with Crippen molar-refractivity contribution in [3.63, 3.8) is 0 Å². The van der Waals surface area contributed by atoms with Crippen molar-refractivity contribution in [2.24, 2.45) is 7.05 Å². The van der Waals surface area contributed by atoms with Gasteiger partial charge in [-0.25, -0.2) is 14.6 Å². The summed E-state index contributed by atoms with van der Waals surface area (Å²) in [5, 5.41) is 3.37. The number of ether oxygens (including phenoxy) is 2. The minimum atomic E-state index is -0.815. The predicted molar refractivity (Wildman–Crippen MR) is 102 cm³/mol. The summed E-state index contributed by atoms with van der Waals surface area (Å²) in [6.07, 6.45) is 0.676. The third-order valence-electron chi connectivity index (χ3n) is 4.19. The van der Waals surface area contributed by atoms with E-state index in [1.54, 1.807) is 32.4 Å². The van der Waals surface area contributed by atoms with Crippen molar-refractivity contribution < 1.29 is 19.1 Å². The Hall–Kier alpha value is -1.99. The standard InChI is InChI=1S/C18H23Cl2N3O4/c1-6-8-27-18(25)12-10(4)21-9(3)11(17(24)26-7-2)13(12)16-22-14(19)15(20)23(16)5/h13,21H,6-8H2,1-5H3. The first kappa shape index (κ1) is 21.3. The molecule has 0 radical (unpaired) electrons. The quantitative estimate of drug-likeness (QED) is 0.716. The Kier molecular flexibility index (Phi) is 6.95. The SMILES string of the molecule is CCCOC(=O)C1=C(C)NC(C)=C(C(=O)OCC)C1c1nc(Cl)c(Cl)n1C. The Morgan fingerprint density at radius 1 is 1.11 bits per heavy atom. The monoisotopic (exact) mass is 415 g/mol. The van der Waals surface area contributed by atoms with Crippen LogP contribution in [0.3, 0.4) is 0 Å². The van der Waals surface area contributed by atoms with Gasteiger partial charge in [0.15, 0.2) is 5.15 Å². The van der Waals surface area contributed by atoms with Gasteiger partial charge in [-0.05, 0) is 27.2 Å². The van der Waals surface area contributed by atoms with E-state index in [0.29, 0.717) is 23.6 Å². The molecule has 27 heavy (non-hydrogen) atoms. The molecule has 0 saturated heterocycles. The summed E-state index contributed by atoms with van der Waals surface area (Å²) in [5.41, 5.74) is 1.69. The normalized spacial score (nSPS) is 17.1. The lowest BCUT2D eigenvalue weighted by atomic mass is 9.84. The van der Waals surface area contributed by atoms with Gasteiger partial charge >= 0.3 is 11.9 Å². The third kappa shape index (κ3) is 4.14. The lowest BCUT2D eigenvalue weighted by molar-refractivity contribution is -0.140. The summed E-state index contributed by atoms with van der Waals surface area (Å²) < 4.78 is 12.1. The lowest BCUT2D eigenvalue weighted by Crippen LogP contribution is -2.33. The van der Waals surface area contributed by atoms with Crippen LogP contribution < -0.4 is 5.32 Å². The Balaban J connectivity index is 2.67. The maximum atomic E-state index is 12.8. The number of aromatic nitrogens is 2. The molecule has 7 nitrogen and oxygen atoms in total. The van der Waals surface area contributed by atoms with Crippen molar-refractivity contribution in [1.29, 1.82) is 0 Å². The fourth-order valence-corrected chi connectivity index (χ4v) is 3.34. The van der Waals surface area contributed by atoms with Gasteiger partial charge in [0.25, 0.3) is 0 Å². The topological polar surface area (TPSA) is 82.4 Å². The van der Waals surface area contributed by atoms with Gasteiger partial charge in [0.05, 0.1) is 30.3 Å². The van der Waals surface area contributed by atoms with Crippen LogP contribution in [0.1, 0.15) is 45.9 Å². The molecule has 1 aromatic heterocycles. The minimum Gasteiger partial charge on any atom is -0.463 e. The summed E-state index contributed by atoms with van der Waals surface area (Å²) in [7, 11) is 1.67. The number of nitrogens with zero attached hydrogens (tertiary/aromatic N) is 2. The van der Waals surface area contributed by atoms with Gasteiger partial charge in [-0.3, -0.25) is 0 Å². The zero-order valence-corrected chi connectivity index (χ0v) is 17.5. The van der Waals surface area contributed by atoms with Crippen LogP contribution in [0.4, 0.5) is 0 Å². The highest BCUT2D eigenvalue weighted by Crippen LogP contribution is 2.40. The molecule has 2 heterocycles. The first-order valence-electron chi connectivity index (χ1n) is 8.64. The number of carbonyl (C=O) groups is 2. The molecule has 1 aliphatic rings. The summed E-state index contributed by atoms with van der Waals surface area (Å²) in [6, 6.07) is 0. The Morgan fingerprint density at radius 2 is 1.67 bits per heavy atom. The van der Waals surface area contributed by atoms with Crippen LogP contribution in [0.25, 0.3) is 0 Å². The number of rotatable bonds is 6. The molecule has 1 unspecified atom stereocenters. The van der Waals surface area contributed by atoms with E-state index in [4.69, 9.17) is 32.7 Å². The van der Waals surface area contributed by atoms with Crippen LogP contribution in [-0.4, -0.2) is 34.7 Å². The molecule has 0 spiro atoms. The van der Waals surface area contributed by atoms with Crippen LogP contribution in [-0.2, 0) is 26.1 Å². The third-order valence-corrected chi connectivity index (χ3v) is 4.98. The van der Waals surface area contributed by atoms with E-state index in [1.165, 1.54) is 0 Å². The number of hydrogen-bond donors (Lipinski definition) is 1. The number of hydrogen-bond acceptors (Lipinski definition) is 6. The summed E-state index contributed by atoms with van der Waals surface area (Å²) in [4.78, 5) is 29.8. The molecule has 9 heteroatoms. The fraction of sp³-hybridized carbons (Fsp3) is 0.500. The molecule has 1 N–H and O–H groups in total. The van der Waals surface area contributed by atoms with Gasteiger partial charge in [-0.1, -0.05) is 30.1 Å². The summed E-state index contributed by atoms with van der Waals surface area (Å²) in [5.74, 6) is -1.53. The second kappa shape index (κ2) is 8.80. The van der Waals surface area contributed by atoms with Crippen molar-refractivity contribution >= 4 is 35.1 Å². The average Bonchev–Trinajstić information content (AvgIpc) is 2.86. The molecular weight excluding hydrogens is 393 g/mol. The van der Waals surface area contributed by atoms with E-state index in [9.17, 15) is 9.59 Å². The number of carbonyl (C=O) groups excluding carboxylic acids is 2. The minimum absolute atomic E-state index is 0.0903. The predicted octanol–water partition coefficient (Wildman–Crippen LogP) is 3.48. The van der Waals surface area contributed by atoms with Crippen molar-refractivity contribution in [1.82, 2.24) is 14.9 Å². The van der Waals surface area contributed by atoms with E-state index in [1.807, 2.05) is 6.92 Å². The molecule has 0 aliphatic carbocycles. The van der Waals surface area contributed by atoms with Crippen LogP contribution in [0.15, 0.2) is 22.5 Å². The summed E-state index contributed by atoms with van der Waals surface area (Å²) in [6.45, 7) is 7.56. The van der Waals surface area contributed by atoms with Crippen molar-refractivity contribution in [2.45, 2.75) is 40.0 Å². The summed E-state index contributed by atoms with van der Waals surface area (Å²) >= 11 is 12.3. The van der Waals surface area contributed by atoms with Crippen molar-refractivity contribution in [2.75, 3.05) is 13.2 Å². The van der Waals surface area contributed by atoms with Crippen LogP contribution in [0.2, 0.25) is 10.3 Å². The van der Waals surface area contributed by atoms with Crippen molar-refractivity contribution in [3.05, 3.63) is 38.7 Å². The average molecular weight is 416 g/mol. The largest absolute Gasteiger partial charge is 0.463 e. The second-order valence-corrected chi connectivity index (χ2v) is 6.82. The molecule has 0 aromatic carbocycles. The highest BCUT2D eigenvalue weighted by molar-refractivity contribution is 6.40. The lowest BCUT2D eigenvalue weighted by Gasteiger charge is -2.29. The molecule has 0 fully saturated rings. The second-order valence-electron chi connectivity index (χ2n) is 6.10. The smallest absolute Gasteiger partial charge is 0.336 e. The van der Waals surface area contributed by atoms with E-state index in [-0.39, 0.29) is 34.7 Å². The molecule has 1 aliphatic heterocycles. The van der Waals surface area contributed by atoms with Crippen LogP contribution in [0, 0.1) is 0 Å². The van der Waals surface area contributed by atoms with Gasteiger partial charge in [0, 0.05) is 18.4 Å². The maximum Gasteiger partial charge on any atom is 0.336 e. The molecule has 2 rings (SSSR count). The van der Waals surface area contributed by atoms with Crippen LogP contribution >= 0.6 is 23.2 Å². The Morgan fingerprint density at radius 3 is 2.11 bits per heavy atom.